The SMILES string of the molecule is Cc1nc(NCCC2COc3ccccc3O2)nc(C)c1C. The first-order valence-corrected chi connectivity index (χ1v) is 7.57. The maximum Gasteiger partial charge on any atom is 0.223 e. The summed E-state index contributed by atoms with van der Waals surface area (Å²) in [6.45, 7) is 7.37. The number of rotatable bonds is 4. The zero-order valence-electron chi connectivity index (χ0n) is 13.2. The van der Waals surface area contributed by atoms with Crippen LogP contribution in [0.15, 0.2) is 24.3 Å². The van der Waals surface area contributed by atoms with Crippen molar-refractivity contribution in [2.75, 3.05) is 18.5 Å². The number of nitrogens with zero attached hydrogens (tertiary/aromatic N) is 2. The van der Waals surface area contributed by atoms with Crippen LogP contribution in [0.5, 0.6) is 11.5 Å². The second-order valence-electron chi connectivity index (χ2n) is 5.56. The van der Waals surface area contributed by atoms with Crippen molar-refractivity contribution >= 4 is 5.95 Å². The Balaban J connectivity index is 1.54. The number of aryl methyl sites for hydroxylation is 2. The molecular formula is C17H21N3O2. The Labute approximate surface area is 130 Å². The number of para-hydroxylation sites is 2. The van der Waals surface area contributed by atoms with Crippen LogP contribution in [0.3, 0.4) is 0 Å². The van der Waals surface area contributed by atoms with Crippen LogP contribution < -0.4 is 14.8 Å². The highest BCUT2D eigenvalue weighted by Gasteiger charge is 2.20. The van der Waals surface area contributed by atoms with Gasteiger partial charge in [-0.15, -0.1) is 0 Å². The molecule has 1 aromatic heterocycles. The van der Waals surface area contributed by atoms with Gasteiger partial charge in [0, 0.05) is 24.4 Å². The average Bonchev–Trinajstić information content (AvgIpc) is 2.52. The van der Waals surface area contributed by atoms with E-state index in [0.29, 0.717) is 12.6 Å². The quantitative estimate of drug-likeness (QED) is 0.940. The van der Waals surface area contributed by atoms with Gasteiger partial charge in [0.05, 0.1) is 0 Å². The molecule has 2 aromatic rings. The zero-order chi connectivity index (χ0) is 15.5. The molecule has 3 rings (SSSR count). The third-order valence-corrected chi connectivity index (χ3v) is 3.95. The van der Waals surface area contributed by atoms with Crippen molar-refractivity contribution in [3.8, 4) is 11.5 Å². The number of ether oxygens (including phenoxy) is 2. The molecule has 2 heterocycles. The summed E-state index contributed by atoms with van der Waals surface area (Å²) in [5.74, 6) is 2.31. The third kappa shape index (κ3) is 3.13. The molecule has 1 aliphatic rings. The van der Waals surface area contributed by atoms with Gasteiger partial charge in [0.25, 0.3) is 0 Å². The minimum absolute atomic E-state index is 0.0510. The van der Waals surface area contributed by atoms with Crippen LogP contribution in [0.1, 0.15) is 23.4 Å². The van der Waals surface area contributed by atoms with Crippen LogP contribution in [-0.2, 0) is 0 Å². The molecule has 1 N–H and O–H groups in total. The Morgan fingerprint density at radius 3 is 2.50 bits per heavy atom. The Bertz CT molecular complexity index is 650. The van der Waals surface area contributed by atoms with Crippen molar-refractivity contribution in [2.45, 2.75) is 33.3 Å². The van der Waals surface area contributed by atoms with E-state index in [1.165, 1.54) is 0 Å². The lowest BCUT2D eigenvalue weighted by Crippen LogP contribution is -2.31. The first kappa shape index (κ1) is 14.6. The van der Waals surface area contributed by atoms with Crippen molar-refractivity contribution < 1.29 is 9.47 Å². The van der Waals surface area contributed by atoms with Crippen molar-refractivity contribution in [3.63, 3.8) is 0 Å². The Morgan fingerprint density at radius 2 is 1.77 bits per heavy atom. The number of aromatic nitrogens is 2. The second kappa shape index (κ2) is 6.22. The molecule has 0 bridgehead atoms. The van der Waals surface area contributed by atoms with E-state index < -0.39 is 0 Å². The number of anilines is 1. The molecule has 0 saturated heterocycles. The molecule has 1 unspecified atom stereocenters. The molecular weight excluding hydrogens is 278 g/mol. The van der Waals surface area contributed by atoms with E-state index in [1.54, 1.807) is 0 Å². The second-order valence-corrected chi connectivity index (χ2v) is 5.56. The van der Waals surface area contributed by atoms with Gasteiger partial charge in [-0.3, -0.25) is 0 Å². The number of hydrogen-bond acceptors (Lipinski definition) is 5. The summed E-state index contributed by atoms with van der Waals surface area (Å²) in [7, 11) is 0. The average molecular weight is 299 g/mol. The molecule has 1 aromatic carbocycles. The van der Waals surface area contributed by atoms with Crippen LogP contribution in [0.25, 0.3) is 0 Å². The maximum absolute atomic E-state index is 5.93. The molecule has 5 nitrogen and oxygen atoms in total. The molecule has 1 aliphatic heterocycles. The normalized spacial score (nSPS) is 16.4. The highest BCUT2D eigenvalue weighted by atomic mass is 16.6. The minimum atomic E-state index is 0.0510. The minimum Gasteiger partial charge on any atom is -0.486 e. The van der Waals surface area contributed by atoms with Crippen LogP contribution >= 0.6 is 0 Å². The Morgan fingerprint density at radius 1 is 1.09 bits per heavy atom. The topological polar surface area (TPSA) is 56.3 Å². The van der Waals surface area contributed by atoms with Gasteiger partial charge >= 0.3 is 0 Å². The largest absolute Gasteiger partial charge is 0.486 e. The van der Waals surface area contributed by atoms with Gasteiger partial charge in [-0.25, -0.2) is 9.97 Å². The van der Waals surface area contributed by atoms with Gasteiger partial charge < -0.3 is 14.8 Å². The van der Waals surface area contributed by atoms with Gasteiger partial charge in [-0.2, -0.15) is 0 Å². The lowest BCUT2D eigenvalue weighted by Gasteiger charge is -2.26. The molecule has 0 radical (unpaired) electrons. The Hall–Kier alpha value is -2.30. The standard InChI is InChI=1S/C17H21N3O2/c1-11-12(2)19-17(20-13(11)3)18-9-8-14-10-21-15-6-4-5-7-16(15)22-14/h4-7,14H,8-10H2,1-3H3,(H,18,19,20). The van der Waals surface area contributed by atoms with Gasteiger partial charge in [-0.1, -0.05) is 12.1 Å². The van der Waals surface area contributed by atoms with Crippen molar-refractivity contribution in [2.24, 2.45) is 0 Å². The highest BCUT2D eigenvalue weighted by Crippen LogP contribution is 2.31. The number of nitrogens with one attached hydrogen (secondary N) is 1. The smallest absolute Gasteiger partial charge is 0.223 e. The fraction of sp³-hybridized carbons (Fsp3) is 0.412. The third-order valence-electron chi connectivity index (χ3n) is 3.95. The lowest BCUT2D eigenvalue weighted by atomic mass is 10.2. The van der Waals surface area contributed by atoms with E-state index in [9.17, 15) is 0 Å². The molecule has 22 heavy (non-hydrogen) atoms. The fourth-order valence-corrected chi connectivity index (χ4v) is 2.40. The molecule has 0 aliphatic carbocycles. The fourth-order valence-electron chi connectivity index (χ4n) is 2.40. The van der Waals surface area contributed by atoms with Crippen molar-refractivity contribution in [1.29, 1.82) is 0 Å². The summed E-state index contributed by atoms with van der Waals surface area (Å²) in [5, 5.41) is 3.27. The zero-order valence-corrected chi connectivity index (χ0v) is 13.2. The van der Waals surface area contributed by atoms with E-state index in [1.807, 2.05) is 45.0 Å². The summed E-state index contributed by atoms with van der Waals surface area (Å²) < 4.78 is 11.6. The van der Waals surface area contributed by atoms with E-state index >= 15 is 0 Å². The van der Waals surface area contributed by atoms with Gasteiger partial charge in [-0.05, 0) is 38.5 Å². The van der Waals surface area contributed by atoms with Crippen LogP contribution in [-0.4, -0.2) is 29.2 Å². The lowest BCUT2D eigenvalue weighted by molar-refractivity contribution is 0.0873. The van der Waals surface area contributed by atoms with Crippen LogP contribution in [0, 0.1) is 20.8 Å². The number of fused-ring (bicyclic) bond motifs is 1. The molecule has 0 saturated carbocycles. The summed E-state index contributed by atoms with van der Waals surface area (Å²) >= 11 is 0. The summed E-state index contributed by atoms with van der Waals surface area (Å²) in [6, 6.07) is 7.76. The summed E-state index contributed by atoms with van der Waals surface area (Å²) in [5.41, 5.74) is 3.17. The summed E-state index contributed by atoms with van der Waals surface area (Å²) in [4.78, 5) is 8.92. The van der Waals surface area contributed by atoms with E-state index in [2.05, 4.69) is 15.3 Å². The number of hydrogen-bond donors (Lipinski definition) is 1. The first-order chi connectivity index (χ1) is 10.6. The van der Waals surface area contributed by atoms with E-state index in [-0.39, 0.29) is 6.10 Å². The monoisotopic (exact) mass is 299 g/mol. The van der Waals surface area contributed by atoms with Crippen LogP contribution in [0.2, 0.25) is 0 Å². The first-order valence-electron chi connectivity index (χ1n) is 7.57. The Kier molecular flexibility index (Phi) is 4.13. The molecule has 116 valence electrons. The maximum atomic E-state index is 5.93. The highest BCUT2D eigenvalue weighted by molar-refractivity contribution is 5.40. The molecule has 0 amide bonds. The predicted molar refractivity (Wildman–Crippen MR) is 85.7 cm³/mol. The molecule has 0 spiro atoms. The summed E-state index contributed by atoms with van der Waals surface area (Å²) in [6.07, 6.45) is 0.888. The predicted octanol–water partition coefficient (Wildman–Crippen LogP) is 3.04. The molecule has 1 atom stereocenters. The molecule has 5 heteroatoms. The van der Waals surface area contributed by atoms with E-state index in [4.69, 9.17) is 9.47 Å². The van der Waals surface area contributed by atoms with Crippen LogP contribution in [0.4, 0.5) is 5.95 Å². The van der Waals surface area contributed by atoms with Gasteiger partial charge in [0.2, 0.25) is 5.95 Å². The van der Waals surface area contributed by atoms with E-state index in [0.717, 1.165) is 41.4 Å². The molecule has 0 fully saturated rings. The van der Waals surface area contributed by atoms with Crippen molar-refractivity contribution in [3.05, 3.63) is 41.2 Å². The van der Waals surface area contributed by atoms with Crippen molar-refractivity contribution in [1.82, 2.24) is 9.97 Å². The van der Waals surface area contributed by atoms with Gasteiger partial charge in [0.15, 0.2) is 11.5 Å². The number of benzene rings is 1. The van der Waals surface area contributed by atoms with Gasteiger partial charge in [0.1, 0.15) is 12.7 Å².